The minimum atomic E-state index is -1.01. The smallest absolute Gasteiger partial charge is 0.328 e. The van der Waals surface area contributed by atoms with Crippen LogP contribution in [-0.2, 0) is 9.59 Å². The lowest BCUT2D eigenvalue weighted by molar-refractivity contribution is -0.131. The Morgan fingerprint density at radius 2 is 2.15 bits per heavy atom. The van der Waals surface area contributed by atoms with Gasteiger partial charge < -0.3 is 15.2 Å². The second-order valence-electron chi connectivity index (χ2n) is 4.75. The van der Waals surface area contributed by atoms with E-state index in [1.165, 1.54) is 13.2 Å². The number of carboxylic acids is 1. The Morgan fingerprint density at radius 1 is 1.40 bits per heavy atom. The van der Waals surface area contributed by atoms with Crippen molar-refractivity contribution in [2.45, 2.75) is 19.3 Å². The molecule has 1 aliphatic carbocycles. The Balaban J connectivity index is 2.17. The first-order valence-corrected chi connectivity index (χ1v) is 6.50. The first-order valence-electron chi connectivity index (χ1n) is 6.50. The number of hydrogen-bond donors (Lipinski definition) is 2. The van der Waals surface area contributed by atoms with Crippen LogP contribution in [0.15, 0.2) is 24.3 Å². The van der Waals surface area contributed by atoms with E-state index in [2.05, 4.69) is 5.32 Å². The first kappa shape index (κ1) is 14.1. The highest BCUT2D eigenvalue weighted by Crippen LogP contribution is 2.31. The van der Waals surface area contributed by atoms with Gasteiger partial charge in [0.2, 0.25) is 5.91 Å². The number of benzene rings is 1. The summed E-state index contributed by atoms with van der Waals surface area (Å²) >= 11 is 0. The van der Waals surface area contributed by atoms with E-state index in [1.807, 2.05) is 0 Å². The van der Waals surface area contributed by atoms with Crippen LogP contribution in [-0.4, -0.2) is 24.1 Å². The molecular weight excluding hydrogens is 258 g/mol. The van der Waals surface area contributed by atoms with E-state index in [0.717, 1.165) is 25.3 Å². The van der Waals surface area contributed by atoms with Crippen molar-refractivity contribution in [1.29, 1.82) is 0 Å². The second kappa shape index (κ2) is 6.23. The molecule has 1 saturated carbocycles. The number of methoxy groups -OCH3 is 1. The topological polar surface area (TPSA) is 75.6 Å². The molecule has 20 heavy (non-hydrogen) atoms. The van der Waals surface area contributed by atoms with Crippen molar-refractivity contribution in [3.63, 3.8) is 0 Å². The van der Waals surface area contributed by atoms with Crippen LogP contribution in [0.2, 0.25) is 0 Å². The minimum Gasteiger partial charge on any atom is -0.495 e. The van der Waals surface area contributed by atoms with Gasteiger partial charge in [-0.1, -0.05) is 12.5 Å². The molecule has 0 heterocycles. The fourth-order valence-electron chi connectivity index (χ4n) is 2.00. The second-order valence-corrected chi connectivity index (χ2v) is 4.75. The van der Waals surface area contributed by atoms with Crippen LogP contribution in [0.3, 0.4) is 0 Å². The zero-order chi connectivity index (χ0) is 14.5. The van der Waals surface area contributed by atoms with Gasteiger partial charge in [0, 0.05) is 12.0 Å². The molecule has 2 N–H and O–H groups in total. The molecule has 0 aromatic heterocycles. The Kier molecular flexibility index (Phi) is 4.40. The first-order chi connectivity index (χ1) is 9.60. The van der Waals surface area contributed by atoms with Crippen LogP contribution in [0.1, 0.15) is 24.8 Å². The van der Waals surface area contributed by atoms with E-state index in [-0.39, 0.29) is 11.8 Å². The monoisotopic (exact) mass is 275 g/mol. The molecule has 1 amide bonds. The van der Waals surface area contributed by atoms with Crippen molar-refractivity contribution in [3.05, 3.63) is 29.8 Å². The molecule has 0 spiro atoms. The normalized spacial score (nSPS) is 14.8. The third-order valence-electron chi connectivity index (χ3n) is 3.38. The van der Waals surface area contributed by atoms with Gasteiger partial charge in [-0.25, -0.2) is 4.79 Å². The van der Waals surface area contributed by atoms with Crippen molar-refractivity contribution in [3.8, 4) is 5.75 Å². The van der Waals surface area contributed by atoms with E-state index in [4.69, 9.17) is 9.84 Å². The number of carbonyl (C=O) groups excluding carboxylic acids is 1. The summed E-state index contributed by atoms with van der Waals surface area (Å²) in [5.41, 5.74) is 1.26. The highest BCUT2D eigenvalue weighted by Gasteiger charge is 2.25. The summed E-state index contributed by atoms with van der Waals surface area (Å²) in [5, 5.41) is 11.5. The number of ether oxygens (including phenoxy) is 1. The third kappa shape index (κ3) is 3.38. The van der Waals surface area contributed by atoms with Crippen molar-refractivity contribution < 1.29 is 19.4 Å². The molecule has 0 radical (unpaired) electrons. The number of nitrogens with one attached hydrogen (secondary N) is 1. The molecule has 0 atom stereocenters. The molecule has 1 aromatic rings. The number of hydrogen-bond acceptors (Lipinski definition) is 3. The van der Waals surface area contributed by atoms with Crippen LogP contribution < -0.4 is 10.1 Å². The minimum absolute atomic E-state index is 0.00564. The van der Waals surface area contributed by atoms with Crippen LogP contribution in [0.5, 0.6) is 5.75 Å². The van der Waals surface area contributed by atoms with E-state index < -0.39 is 5.97 Å². The van der Waals surface area contributed by atoms with Gasteiger partial charge in [-0.3, -0.25) is 4.79 Å². The largest absolute Gasteiger partial charge is 0.495 e. The highest BCUT2D eigenvalue weighted by atomic mass is 16.5. The van der Waals surface area contributed by atoms with Gasteiger partial charge >= 0.3 is 5.97 Å². The summed E-state index contributed by atoms with van der Waals surface area (Å²) in [6, 6.07) is 5.14. The molecular formula is C15H17NO4. The maximum absolute atomic E-state index is 12.0. The number of carbonyl (C=O) groups is 2. The van der Waals surface area contributed by atoms with Gasteiger partial charge in [-0.05, 0) is 36.6 Å². The predicted octanol–water partition coefficient (Wildman–Crippen LogP) is 2.53. The molecule has 0 aliphatic heterocycles. The summed E-state index contributed by atoms with van der Waals surface area (Å²) in [5.74, 6) is -0.377. The molecule has 0 bridgehead atoms. The quantitative estimate of drug-likeness (QED) is 0.810. The van der Waals surface area contributed by atoms with Gasteiger partial charge in [-0.15, -0.1) is 0 Å². The summed E-state index contributed by atoms with van der Waals surface area (Å²) in [4.78, 5) is 22.5. The third-order valence-corrected chi connectivity index (χ3v) is 3.38. The maximum Gasteiger partial charge on any atom is 0.328 e. The van der Waals surface area contributed by atoms with Crippen LogP contribution in [0, 0.1) is 5.92 Å². The maximum atomic E-state index is 12.0. The van der Waals surface area contributed by atoms with Gasteiger partial charge in [0.1, 0.15) is 5.75 Å². The average Bonchev–Trinajstić information content (AvgIpc) is 2.34. The Labute approximate surface area is 117 Å². The zero-order valence-corrected chi connectivity index (χ0v) is 11.3. The van der Waals surface area contributed by atoms with Crippen LogP contribution in [0.4, 0.5) is 5.69 Å². The molecule has 0 saturated heterocycles. The molecule has 1 aliphatic rings. The Morgan fingerprint density at radius 3 is 2.70 bits per heavy atom. The fraction of sp³-hybridized carbons (Fsp3) is 0.333. The van der Waals surface area contributed by atoms with Crippen LogP contribution in [0.25, 0.3) is 6.08 Å². The fourth-order valence-corrected chi connectivity index (χ4v) is 2.00. The summed E-state index contributed by atoms with van der Waals surface area (Å²) < 4.78 is 5.20. The van der Waals surface area contributed by atoms with E-state index >= 15 is 0 Å². The van der Waals surface area contributed by atoms with Crippen molar-refractivity contribution in [1.82, 2.24) is 0 Å². The molecule has 0 unspecified atom stereocenters. The predicted molar refractivity (Wildman–Crippen MR) is 75.6 cm³/mol. The van der Waals surface area contributed by atoms with E-state index in [0.29, 0.717) is 17.0 Å². The van der Waals surface area contributed by atoms with Gasteiger partial charge in [0.05, 0.1) is 12.8 Å². The van der Waals surface area contributed by atoms with Crippen LogP contribution >= 0.6 is 0 Å². The van der Waals surface area contributed by atoms with E-state index in [1.54, 1.807) is 18.2 Å². The summed E-state index contributed by atoms with van der Waals surface area (Å²) in [6.07, 6.45) is 5.47. The Bertz CT molecular complexity index is 547. The number of rotatable bonds is 5. The lowest BCUT2D eigenvalue weighted by atomic mass is 9.85. The van der Waals surface area contributed by atoms with Crippen molar-refractivity contribution >= 4 is 23.6 Å². The summed E-state index contributed by atoms with van der Waals surface area (Å²) in [7, 11) is 1.53. The molecule has 1 aromatic carbocycles. The lowest BCUT2D eigenvalue weighted by Gasteiger charge is -2.24. The standard InChI is InChI=1S/C15H17NO4/c1-20-13-7-5-10(6-8-14(17)18)9-12(13)16-15(19)11-3-2-4-11/h5-9,11H,2-4H2,1H3,(H,16,19)(H,17,18). The number of carboxylic acid groups (broad SMARTS) is 1. The molecule has 5 nitrogen and oxygen atoms in total. The molecule has 1 fully saturated rings. The number of aliphatic carboxylic acids is 1. The molecule has 5 heteroatoms. The molecule has 2 rings (SSSR count). The van der Waals surface area contributed by atoms with Gasteiger partial charge in [0.25, 0.3) is 0 Å². The van der Waals surface area contributed by atoms with Crippen molar-refractivity contribution in [2.24, 2.45) is 5.92 Å². The number of amides is 1. The van der Waals surface area contributed by atoms with Gasteiger partial charge in [-0.2, -0.15) is 0 Å². The Hall–Kier alpha value is -2.30. The van der Waals surface area contributed by atoms with Crippen molar-refractivity contribution in [2.75, 3.05) is 12.4 Å². The zero-order valence-electron chi connectivity index (χ0n) is 11.3. The average molecular weight is 275 g/mol. The number of anilines is 1. The van der Waals surface area contributed by atoms with Gasteiger partial charge in [0.15, 0.2) is 0 Å². The highest BCUT2D eigenvalue weighted by molar-refractivity contribution is 5.95. The summed E-state index contributed by atoms with van der Waals surface area (Å²) in [6.45, 7) is 0. The lowest BCUT2D eigenvalue weighted by Crippen LogP contribution is -2.28. The SMILES string of the molecule is COc1ccc(C=CC(=O)O)cc1NC(=O)C1CCC1. The van der Waals surface area contributed by atoms with E-state index in [9.17, 15) is 9.59 Å². The molecule has 106 valence electrons.